The first kappa shape index (κ1) is 15.9. The summed E-state index contributed by atoms with van der Waals surface area (Å²) in [5, 5.41) is 4.71. The smallest absolute Gasteiger partial charge is 0.290 e. The largest absolute Gasteiger partial charge is 0.444 e. The van der Waals surface area contributed by atoms with Crippen molar-refractivity contribution in [3.8, 4) is 0 Å². The number of furan rings is 1. The molecule has 24 heavy (non-hydrogen) atoms. The molecule has 0 bridgehead atoms. The van der Waals surface area contributed by atoms with Crippen LogP contribution in [0.4, 0.5) is 0 Å². The summed E-state index contributed by atoms with van der Waals surface area (Å²) in [5.41, 5.74) is 3.76. The minimum atomic E-state index is -0.0231. The van der Waals surface area contributed by atoms with Gasteiger partial charge in [-0.25, -0.2) is 0 Å². The number of nitrogens with zero attached hydrogens (tertiary/aromatic N) is 3. The van der Waals surface area contributed by atoms with Gasteiger partial charge < -0.3 is 9.32 Å². The molecule has 1 fully saturated rings. The Hall–Kier alpha value is -1.56. The van der Waals surface area contributed by atoms with Gasteiger partial charge in [-0.15, -0.1) is 0 Å². The molecule has 0 N–H and O–H groups in total. The molecule has 2 aliphatic carbocycles. The van der Waals surface area contributed by atoms with Crippen LogP contribution in [-0.2, 0) is 26.4 Å². The molecular weight excluding hydrogens is 370 g/mol. The van der Waals surface area contributed by atoms with Gasteiger partial charge in [-0.05, 0) is 65.7 Å². The number of aromatic nitrogens is 2. The third-order valence-corrected chi connectivity index (χ3v) is 5.76. The number of halogens is 1. The molecule has 0 unspecified atom stereocenters. The van der Waals surface area contributed by atoms with Crippen molar-refractivity contribution in [2.75, 3.05) is 0 Å². The van der Waals surface area contributed by atoms with Crippen LogP contribution in [0.3, 0.4) is 0 Å². The van der Waals surface area contributed by atoms with E-state index < -0.39 is 0 Å². The van der Waals surface area contributed by atoms with Crippen molar-refractivity contribution >= 4 is 21.8 Å². The fourth-order valence-corrected chi connectivity index (χ4v) is 4.45. The molecule has 0 atom stereocenters. The first-order valence-corrected chi connectivity index (χ1v) is 9.52. The fraction of sp³-hybridized carbons (Fsp3) is 0.556. The molecule has 0 aliphatic heterocycles. The summed E-state index contributed by atoms with van der Waals surface area (Å²) < 4.78 is 8.11. The highest BCUT2D eigenvalue weighted by atomic mass is 79.9. The zero-order chi connectivity index (χ0) is 16.7. The maximum atomic E-state index is 13.0. The molecule has 0 spiro atoms. The molecule has 2 heterocycles. The van der Waals surface area contributed by atoms with Crippen molar-refractivity contribution in [3.05, 3.63) is 39.5 Å². The molecule has 5 nitrogen and oxygen atoms in total. The summed E-state index contributed by atoms with van der Waals surface area (Å²) in [5.74, 6) is 0.381. The van der Waals surface area contributed by atoms with Gasteiger partial charge in [0, 0.05) is 18.8 Å². The lowest BCUT2D eigenvalue weighted by Gasteiger charge is -2.28. The molecule has 0 aromatic carbocycles. The Labute approximate surface area is 150 Å². The van der Waals surface area contributed by atoms with Crippen LogP contribution >= 0.6 is 15.9 Å². The number of amides is 1. The molecule has 2 aromatic heterocycles. The highest BCUT2D eigenvalue weighted by Crippen LogP contribution is 2.30. The second-order valence-electron chi connectivity index (χ2n) is 6.82. The maximum absolute atomic E-state index is 13.0. The minimum Gasteiger partial charge on any atom is -0.444 e. The van der Waals surface area contributed by atoms with Gasteiger partial charge in [0.25, 0.3) is 5.91 Å². The Kier molecular flexibility index (Phi) is 4.24. The SMILES string of the molecule is Cn1nc(CN(C(=O)c2ccc(Br)o2)C2CCCC2)c2c1CCC2. The number of aryl methyl sites for hydroxylation is 1. The van der Waals surface area contributed by atoms with E-state index in [9.17, 15) is 4.79 Å². The molecule has 128 valence electrons. The van der Waals surface area contributed by atoms with Crippen LogP contribution in [0.25, 0.3) is 0 Å². The van der Waals surface area contributed by atoms with Crippen LogP contribution in [0.2, 0.25) is 0 Å². The van der Waals surface area contributed by atoms with Crippen molar-refractivity contribution in [1.82, 2.24) is 14.7 Å². The molecular formula is C18H22BrN3O2. The number of rotatable bonds is 4. The monoisotopic (exact) mass is 391 g/mol. The van der Waals surface area contributed by atoms with Crippen molar-refractivity contribution in [2.45, 2.75) is 57.5 Å². The average Bonchev–Trinajstić information content (AvgIpc) is 3.32. The van der Waals surface area contributed by atoms with E-state index in [-0.39, 0.29) is 5.91 Å². The summed E-state index contributed by atoms with van der Waals surface area (Å²) in [6, 6.07) is 3.82. The Morgan fingerprint density at radius 3 is 2.83 bits per heavy atom. The van der Waals surface area contributed by atoms with Gasteiger partial charge in [0.1, 0.15) is 0 Å². The predicted molar refractivity (Wildman–Crippen MR) is 93.8 cm³/mol. The van der Waals surface area contributed by atoms with Crippen LogP contribution in [0.5, 0.6) is 0 Å². The van der Waals surface area contributed by atoms with E-state index in [2.05, 4.69) is 15.9 Å². The average molecular weight is 392 g/mol. The second-order valence-corrected chi connectivity index (χ2v) is 7.61. The quantitative estimate of drug-likeness (QED) is 0.794. The predicted octanol–water partition coefficient (Wildman–Crippen LogP) is 3.85. The number of carbonyl (C=O) groups is 1. The molecule has 4 rings (SSSR count). The first-order chi connectivity index (χ1) is 11.6. The van der Waals surface area contributed by atoms with Crippen molar-refractivity contribution in [3.63, 3.8) is 0 Å². The summed E-state index contributed by atoms with van der Waals surface area (Å²) in [6.45, 7) is 0.588. The highest BCUT2D eigenvalue weighted by molar-refractivity contribution is 9.10. The van der Waals surface area contributed by atoms with Crippen LogP contribution in [0.1, 0.15) is 59.6 Å². The number of fused-ring (bicyclic) bond motifs is 1. The fourth-order valence-electron chi connectivity index (χ4n) is 4.14. The van der Waals surface area contributed by atoms with Gasteiger partial charge in [0.05, 0.1) is 12.2 Å². The van der Waals surface area contributed by atoms with Crippen LogP contribution < -0.4 is 0 Å². The van der Waals surface area contributed by atoms with Gasteiger partial charge >= 0.3 is 0 Å². The van der Waals surface area contributed by atoms with E-state index >= 15 is 0 Å². The second kappa shape index (κ2) is 6.39. The lowest BCUT2D eigenvalue weighted by Crippen LogP contribution is -2.38. The summed E-state index contributed by atoms with van der Waals surface area (Å²) >= 11 is 3.29. The zero-order valence-electron chi connectivity index (χ0n) is 13.9. The summed E-state index contributed by atoms with van der Waals surface area (Å²) in [6.07, 6.45) is 7.90. The summed E-state index contributed by atoms with van der Waals surface area (Å²) in [4.78, 5) is 15.0. The van der Waals surface area contributed by atoms with Gasteiger partial charge in [0.2, 0.25) is 0 Å². The number of carbonyl (C=O) groups excluding carboxylic acids is 1. The van der Waals surface area contributed by atoms with Crippen LogP contribution in [0.15, 0.2) is 21.2 Å². The molecule has 1 saturated carbocycles. The maximum Gasteiger partial charge on any atom is 0.290 e. The minimum absolute atomic E-state index is 0.0231. The molecule has 2 aliphatic rings. The van der Waals surface area contributed by atoms with E-state index in [4.69, 9.17) is 9.52 Å². The lowest BCUT2D eigenvalue weighted by atomic mass is 10.1. The van der Waals surface area contributed by atoms with Crippen molar-refractivity contribution in [2.24, 2.45) is 7.05 Å². The Morgan fingerprint density at radius 1 is 1.33 bits per heavy atom. The molecule has 0 saturated heterocycles. The number of hydrogen-bond donors (Lipinski definition) is 0. The Balaban J connectivity index is 1.63. The zero-order valence-corrected chi connectivity index (χ0v) is 15.5. The van der Waals surface area contributed by atoms with E-state index in [0.29, 0.717) is 23.0 Å². The molecule has 6 heteroatoms. The highest BCUT2D eigenvalue weighted by Gasteiger charge is 2.31. The van der Waals surface area contributed by atoms with E-state index in [1.54, 1.807) is 12.1 Å². The van der Waals surface area contributed by atoms with Gasteiger partial charge in [-0.2, -0.15) is 5.10 Å². The third-order valence-electron chi connectivity index (χ3n) is 5.33. The topological polar surface area (TPSA) is 51.3 Å². The van der Waals surface area contributed by atoms with Crippen LogP contribution in [0, 0.1) is 0 Å². The molecule has 2 aromatic rings. The molecule has 0 radical (unpaired) electrons. The van der Waals surface area contributed by atoms with E-state index in [1.165, 1.54) is 30.5 Å². The Morgan fingerprint density at radius 2 is 2.12 bits per heavy atom. The molecule has 1 amide bonds. The van der Waals surface area contributed by atoms with Gasteiger partial charge in [0.15, 0.2) is 10.4 Å². The number of hydrogen-bond acceptors (Lipinski definition) is 3. The van der Waals surface area contributed by atoms with Gasteiger partial charge in [-0.3, -0.25) is 9.48 Å². The van der Waals surface area contributed by atoms with E-state index in [1.807, 2.05) is 16.6 Å². The first-order valence-electron chi connectivity index (χ1n) is 8.73. The normalized spacial score (nSPS) is 17.4. The standard InChI is InChI=1S/C18H22BrN3O2/c1-21-15-8-4-7-13(15)14(20-21)11-22(12-5-2-3-6-12)18(23)16-9-10-17(19)24-16/h9-10,12H,2-8,11H2,1H3. The Bertz CT molecular complexity index is 758. The van der Waals surface area contributed by atoms with Crippen molar-refractivity contribution < 1.29 is 9.21 Å². The third kappa shape index (κ3) is 2.81. The summed E-state index contributed by atoms with van der Waals surface area (Å²) in [7, 11) is 2.01. The van der Waals surface area contributed by atoms with E-state index in [0.717, 1.165) is 31.4 Å². The van der Waals surface area contributed by atoms with Crippen LogP contribution in [-0.4, -0.2) is 26.6 Å². The van der Waals surface area contributed by atoms with Gasteiger partial charge in [-0.1, -0.05) is 12.8 Å². The lowest BCUT2D eigenvalue weighted by molar-refractivity contribution is 0.0626. The van der Waals surface area contributed by atoms with Crippen molar-refractivity contribution in [1.29, 1.82) is 0 Å².